The van der Waals surface area contributed by atoms with Crippen molar-refractivity contribution >= 4 is 28.7 Å². The summed E-state index contributed by atoms with van der Waals surface area (Å²) in [5.74, 6) is 1.35. The van der Waals surface area contributed by atoms with Gasteiger partial charge < -0.3 is 25.4 Å². The van der Waals surface area contributed by atoms with Gasteiger partial charge >= 0.3 is 0 Å². The Labute approximate surface area is 212 Å². The SMILES string of the molecule is CCCSc1nc(N[C@@H]2C[C@H]2c2ccc(C)c(F)c2)c2nnn([C@@H]3C[C@H](OCCO)[C@@H](O)[C@H]3O)c2n1. The first kappa shape index (κ1) is 25.3. The molecule has 2 aliphatic rings. The first-order valence-electron chi connectivity index (χ1n) is 12.3. The number of aliphatic hydroxyl groups excluding tert-OH is 3. The quantitative estimate of drug-likeness (QED) is 0.233. The molecule has 0 unspecified atom stereocenters. The zero-order valence-electron chi connectivity index (χ0n) is 20.2. The van der Waals surface area contributed by atoms with Crippen LogP contribution in [0.15, 0.2) is 23.4 Å². The Kier molecular flexibility index (Phi) is 7.40. The highest BCUT2D eigenvalue weighted by molar-refractivity contribution is 7.99. The van der Waals surface area contributed by atoms with E-state index >= 15 is 0 Å². The minimum atomic E-state index is -1.12. The summed E-state index contributed by atoms with van der Waals surface area (Å²) in [5, 5.41) is 42.8. The molecule has 4 N–H and O–H groups in total. The van der Waals surface area contributed by atoms with Gasteiger partial charge in [-0.1, -0.05) is 36.0 Å². The highest BCUT2D eigenvalue weighted by Crippen LogP contribution is 2.44. The third-order valence-corrected chi connectivity index (χ3v) is 7.86. The number of aromatic nitrogens is 5. The molecule has 2 heterocycles. The molecule has 12 heteroatoms. The molecular formula is C24H31FN6O4S. The lowest BCUT2D eigenvalue weighted by molar-refractivity contribution is -0.0629. The van der Waals surface area contributed by atoms with Gasteiger partial charge in [0.05, 0.1) is 25.4 Å². The summed E-state index contributed by atoms with van der Waals surface area (Å²) in [6.07, 6.45) is -0.775. The van der Waals surface area contributed by atoms with Gasteiger partial charge in [-0.2, -0.15) is 0 Å². The maximum absolute atomic E-state index is 14.1. The summed E-state index contributed by atoms with van der Waals surface area (Å²) < 4.78 is 21.1. The van der Waals surface area contributed by atoms with Crippen LogP contribution < -0.4 is 5.32 Å². The van der Waals surface area contributed by atoms with E-state index < -0.39 is 24.4 Å². The van der Waals surface area contributed by atoms with Crippen molar-refractivity contribution in [3.63, 3.8) is 0 Å². The van der Waals surface area contributed by atoms with Crippen LogP contribution in [-0.2, 0) is 4.74 Å². The second kappa shape index (κ2) is 10.5. The number of nitrogens with zero attached hydrogens (tertiary/aromatic N) is 5. The minimum absolute atomic E-state index is 0.0702. The smallest absolute Gasteiger partial charge is 0.191 e. The molecule has 36 heavy (non-hydrogen) atoms. The highest BCUT2D eigenvalue weighted by atomic mass is 32.2. The molecule has 2 saturated carbocycles. The first-order chi connectivity index (χ1) is 17.4. The maximum atomic E-state index is 14.1. The third kappa shape index (κ3) is 4.92. The molecule has 10 nitrogen and oxygen atoms in total. The van der Waals surface area contributed by atoms with E-state index in [0.717, 1.165) is 24.2 Å². The zero-order chi connectivity index (χ0) is 25.4. The van der Waals surface area contributed by atoms with Gasteiger partial charge in [-0.3, -0.25) is 0 Å². The minimum Gasteiger partial charge on any atom is -0.394 e. The van der Waals surface area contributed by atoms with Crippen molar-refractivity contribution in [2.24, 2.45) is 0 Å². The van der Waals surface area contributed by atoms with Crippen molar-refractivity contribution in [2.75, 3.05) is 24.3 Å². The van der Waals surface area contributed by atoms with Crippen molar-refractivity contribution in [2.45, 2.75) is 74.6 Å². The predicted molar refractivity (Wildman–Crippen MR) is 133 cm³/mol. The van der Waals surface area contributed by atoms with Gasteiger partial charge in [0, 0.05) is 24.1 Å². The molecule has 2 fully saturated rings. The number of nitrogens with one attached hydrogen (secondary N) is 1. The molecule has 5 rings (SSSR count). The average Bonchev–Trinajstić information content (AvgIpc) is 3.41. The molecule has 2 aromatic heterocycles. The number of aryl methyl sites for hydroxylation is 1. The number of halogens is 1. The van der Waals surface area contributed by atoms with E-state index in [2.05, 4.69) is 27.5 Å². The van der Waals surface area contributed by atoms with Crippen LogP contribution in [0, 0.1) is 12.7 Å². The Morgan fingerprint density at radius 3 is 2.81 bits per heavy atom. The Morgan fingerprint density at radius 2 is 2.06 bits per heavy atom. The lowest BCUT2D eigenvalue weighted by Crippen LogP contribution is -2.33. The molecule has 3 aromatic rings. The molecule has 1 aromatic carbocycles. The van der Waals surface area contributed by atoms with Gasteiger partial charge in [-0.25, -0.2) is 19.0 Å². The number of fused-ring (bicyclic) bond motifs is 1. The van der Waals surface area contributed by atoms with Crippen LogP contribution in [0.5, 0.6) is 0 Å². The number of hydrogen-bond donors (Lipinski definition) is 4. The molecule has 0 amide bonds. The Hall–Kier alpha value is -2.38. The Morgan fingerprint density at radius 1 is 1.22 bits per heavy atom. The van der Waals surface area contributed by atoms with Crippen LogP contribution in [0.2, 0.25) is 0 Å². The molecule has 2 aliphatic carbocycles. The molecule has 0 spiro atoms. The standard InChI is InChI=1S/C24H31FN6O4S/c1-3-8-36-24-27-22(26-16-10-14(16)13-5-4-12(2)15(25)9-13)19-23(28-24)31(30-29-19)17-11-18(35-7-6-32)21(34)20(17)33/h4-5,9,14,16-18,20-21,32-34H,3,6-8,10-11H2,1-2H3,(H,26,27,28)/t14-,16+,17+,18-,20-,21+/m0/s1. The van der Waals surface area contributed by atoms with Gasteiger partial charge in [0.15, 0.2) is 22.1 Å². The fraction of sp³-hybridized carbons (Fsp3) is 0.583. The van der Waals surface area contributed by atoms with Gasteiger partial charge in [0.1, 0.15) is 18.0 Å². The summed E-state index contributed by atoms with van der Waals surface area (Å²) in [4.78, 5) is 9.37. The number of anilines is 1. The van der Waals surface area contributed by atoms with E-state index in [1.54, 1.807) is 19.1 Å². The lowest BCUT2D eigenvalue weighted by Gasteiger charge is -2.17. The van der Waals surface area contributed by atoms with Crippen LogP contribution in [-0.4, -0.2) is 83.6 Å². The molecule has 0 radical (unpaired) electrons. The Balaban J connectivity index is 1.43. The molecule has 0 saturated heterocycles. The van der Waals surface area contributed by atoms with E-state index in [4.69, 9.17) is 14.8 Å². The van der Waals surface area contributed by atoms with Crippen LogP contribution in [0.1, 0.15) is 49.3 Å². The highest BCUT2D eigenvalue weighted by Gasteiger charge is 2.45. The maximum Gasteiger partial charge on any atom is 0.191 e. The average molecular weight is 519 g/mol. The molecule has 194 valence electrons. The topological polar surface area (TPSA) is 138 Å². The fourth-order valence-electron chi connectivity index (χ4n) is 4.71. The summed E-state index contributed by atoms with van der Waals surface area (Å²) in [7, 11) is 0. The van der Waals surface area contributed by atoms with Gasteiger partial charge in [0.25, 0.3) is 0 Å². The largest absolute Gasteiger partial charge is 0.394 e. The second-order valence-corrected chi connectivity index (χ2v) is 10.5. The van der Waals surface area contributed by atoms with Gasteiger partial charge in [-0.05, 0) is 37.0 Å². The van der Waals surface area contributed by atoms with Crippen molar-refractivity contribution < 1.29 is 24.4 Å². The van der Waals surface area contributed by atoms with E-state index in [1.165, 1.54) is 16.4 Å². The predicted octanol–water partition coefficient (Wildman–Crippen LogP) is 2.18. The van der Waals surface area contributed by atoms with Crippen molar-refractivity contribution in [1.82, 2.24) is 25.0 Å². The van der Waals surface area contributed by atoms with E-state index in [9.17, 15) is 14.6 Å². The number of rotatable bonds is 10. The second-order valence-electron chi connectivity index (χ2n) is 9.43. The summed E-state index contributed by atoms with van der Waals surface area (Å²) in [5.41, 5.74) is 2.50. The monoisotopic (exact) mass is 518 g/mol. The van der Waals surface area contributed by atoms with E-state index in [-0.39, 0.29) is 31.0 Å². The van der Waals surface area contributed by atoms with Crippen molar-refractivity contribution in [3.8, 4) is 0 Å². The number of aliphatic hydroxyl groups is 3. The van der Waals surface area contributed by atoms with Crippen LogP contribution in [0.25, 0.3) is 11.2 Å². The summed E-state index contributed by atoms with van der Waals surface area (Å²) in [6, 6.07) is 4.84. The molecule has 0 bridgehead atoms. The van der Waals surface area contributed by atoms with Gasteiger partial charge in [0.2, 0.25) is 0 Å². The van der Waals surface area contributed by atoms with Gasteiger partial charge in [-0.15, -0.1) is 5.10 Å². The fourth-order valence-corrected chi connectivity index (χ4v) is 5.40. The van der Waals surface area contributed by atoms with E-state index in [0.29, 0.717) is 34.1 Å². The lowest BCUT2D eigenvalue weighted by atomic mass is 10.1. The number of thioether (sulfide) groups is 1. The Bertz CT molecular complexity index is 1230. The first-order valence-corrected chi connectivity index (χ1v) is 13.3. The van der Waals surface area contributed by atoms with Crippen LogP contribution >= 0.6 is 11.8 Å². The summed E-state index contributed by atoms with van der Waals surface area (Å²) >= 11 is 1.52. The number of benzene rings is 1. The molecule has 0 aliphatic heterocycles. The molecular weight excluding hydrogens is 487 g/mol. The summed E-state index contributed by atoms with van der Waals surface area (Å²) in [6.45, 7) is 3.73. The number of hydrogen-bond acceptors (Lipinski definition) is 10. The van der Waals surface area contributed by atoms with Crippen LogP contribution in [0.3, 0.4) is 0 Å². The third-order valence-electron chi connectivity index (χ3n) is 6.81. The zero-order valence-corrected chi connectivity index (χ0v) is 21.0. The normalized spacial score (nSPS) is 27.6. The molecule has 6 atom stereocenters. The van der Waals surface area contributed by atoms with Crippen molar-refractivity contribution in [1.29, 1.82) is 0 Å². The number of ether oxygens (including phenoxy) is 1. The van der Waals surface area contributed by atoms with Crippen LogP contribution in [0.4, 0.5) is 10.2 Å². The van der Waals surface area contributed by atoms with E-state index in [1.807, 2.05) is 6.07 Å². The van der Waals surface area contributed by atoms with Crippen molar-refractivity contribution in [3.05, 3.63) is 35.1 Å².